The first-order valence-corrected chi connectivity index (χ1v) is 14.3. The SMILES string of the molecule is Cc1cc(C(=O)O)ncc1-c1cc2c(N[C@@H]3CC[C@H](NC(=O)OC(C)(C)C)C3)c(C(N)=Nc3ccccc3Cl)cnn2c1. The minimum atomic E-state index is -1.08. The summed E-state index contributed by atoms with van der Waals surface area (Å²) in [5.74, 6) is -0.850. The van der Waals surface area contributed by atoms with E-state index in [1.165, 1.54) is 0 Å². The molecule has 1 fully saturated rings. The number of nitrogens with one attached hydrogen (secondary N) is 2. The van der Waals surface area contributed by atoms with Crippen molar-refractivity contribution in [1.82, 2.24) is 19.9 Å². The van der Waals surface area contributed by atoms with Crippen LogP contribution >= 0.6 is 11.6 Å². The molecule has 1 aliphatic rings. The predicted octanol–water partition coefficient (Wildman–Crippen LogP) is 5.95. The Bertz CT molecular complexity index is 1730. The zero-order valence-corrected chi connectivity index (χ0v) is 25.1. The standard InChI is InChI=1S/C31H34ClN7O4/c1-17-11-25(29(40)41)34-14-21(17)18-12-26-27(36-19-9-10-20(13-19)37-30(42)43-31(2,3)4)22(15-35-39(26)16-18)28(33)38-24-8-6-5-7-23(24)32/h5-8,11-12,14-16,19-20,36H,9-10,13H2,1-4H3,(H2,33,38)(H,37,42)(H,40,41)/t19-,20+/m1/s1. The average Bonchev–Trinajstić information content (AvgIpc) is 3.55. The number of pyridine rings is 1. The van der Waals surface area contributed by atoms with Crippen molar-refractivity contribution in [2.24, 2.45) is 10.7 Å². The number of aliphatic imine (C=N–C) groups is 1. The van der Waals surface area contributed by atoms with Gasteiger partial charge < -0.3 is 26.2 Å². The van der Waals surface area contributed by atoms with Crippen molar-refractivity contribution in [2.75, 3.05) is 5.32 Å². The number of rotatable bonds is 7. The lowest BCUT2D eigenvalue weighted by Gasteiger charge is -2.22. The molecule has 2 atom stereocenters. The lowest BCUT2D eigenvalue weighted by molar-refractivity contribution is 0.0504. The molecule has 0 bridgehead atoms. The number of nitrogens with two attached hydrogens (primary N) is 1. The number of carboxylic acid groups (broad SMARTS) is 1. The molecule has 4 aromatic rings. The van der Waals surface area contributed by atoms with Crippen molar-refractivity contribution in [3.63, 3.8) is 0 Å². The quantitative estimate of drug-likeness (QED) is 0.149. The molecule has 1 aromatic carbocycles. The molecule has 0 spiro atoms. The number of para-hydroxylation sites is 1. The summed E-state index contributed by atoms with van der Waals surface area (Å²) in [7, 11) is 0. The lowest BCUT2D eigenvalue weighted by Crippen LogP contribution is -2.38. The number of alkyl carbamates (subject to hydrolysis) is 1. The maximum absolute atomic E-state index is 12.4. The normalized spacial score (nSPS) is 17.2. The van der Waals surface area contributed by atoms with Crippen molar-refractivity contribution < 1.29 is 19.4 Å². The third kappa shape index (κ3) is 6.89. The topological polar surface area (TPSA) is 156 Å². The monoisotopic (exact) mass is 603 g/mol. The minimum Gasteiger partial charge on any atom is -0.477 e. The summed E-state index contributed by atoms with van der Waals surface area (Å²) in [5, 5.41) is 21.0. The number of aryl methyl sites for hydroxylation is 1. The first-order chi connectivity index (χ1) is 20.4. The van der Waals surface area contributed by atoms with Crippen LogP contribution in [0.3, 0.4) is 0 Å². The Labute approximate surface area is 254 Å². The molecule has 0 radical (unpaired) electrons. The van der Waals surface area contributed by atoms with Crippen molar-refractivity contribution in [1.29, 1.82) is 0 Å². The van der Waals surface area contributed by atoms with Crippen molar-refractivity contribution in [3.8, 4) is 11.1 Å². The number of anilines is 1. The average molecular weight is 604 g/mol. The van der Waals surface area contributed by atoms with Crippen molar-refractivity contribution in [2.45, 2.75) is 64.6 Å². The molecule has 3 heterocycles. The number of carbonyl (C=O) groups is 2. The number of benzene rings is 1. The summed E-state index contributed by atoms with van der Waals surface area (Å²) in [6, 6.07) is 10.7. The van der Waals surface area contributed by atoms with Crippen LogP contribution in [0, 0.1) is 6.92 Å². The van der Waals surface area contributed by atoms with Gasteiger partial charge in [-0.25, -0.2) is 24.1 Å². The van der Waals surface area contributed by atoms with Crippen molar-refractivity contribution >= 4 is 46.4 Å². The Morgan fingerprint density at radius 2 is 1.91 bits per heavy atom. The fraction of sp³-hybridized carbons (Fsp3) is 0.323. The minimum absolute atomic E-state index is 0.0212. The Kier molecular flexibility index (Phi) is 8.27. The molecular weight excluding hydrogens is 570 g/mol. The Morgan fingerprint density at radius 3 is 2.60 bits per heavy atom. The first kappa shape index (κ1) is 29.8. The van der Waals surface area contributed by atoms with E-state index in [0.717, 1.165) is 40.7 Å². The van der Waals surface area contributed by atoms with Crippen LogP contribution in [0.2, 0.25) is 5.02 Å². The van der Waals surface area contributed by atoms with Gasteiger partial charge in [-0.2, -0.15) is 5.10 Å². The van der Waals surface area contributed by atoms with Gasteiger partial charge in [0.1, 0.15) is 17.1 Å². The number of halogens is 1. The predicted molar refractivity (Wildman–Crippen MR) is 166 cm³/mol. The van der Waals surface area contributed by atoms with E-state index in [1.807, 2.05) is 52.1 Å². The highest BCUT2D eigenvalue weighted by molar-refractivity contribution is 6.33. The van der Waals surface area contributed by atoms with E-state index in [0.29, 0.717) is 22.7 Å². The number of hydrogen-bond acceptors (Lipinski definition) is 7. The van der Waals surface area contributed by atoms with Gasteiger partial charge in [-0.05, 0) is 76.8 Å². The molecule has 11 nitrogen and oxygen atoms in total. The first-order valence-electron chi connectivity index (χ1n) is 13.9. The molecule has 0 aliphatic heterocycles. The van der Waals surface area contributed by atoms with Gasteiger partial charge in [-0.15, -0.1) is 0 Å². The number of ether oxygens (including phenoxy) is 1. The van der Waals surface area contributed by atoms with E-state index in [9.17, 15) is 14.7 Å². The van der Waals surface area contributed by atoms with Gasteiger partial charge in [0.15, 0.2) is 0 Å². The second kappa shape index (κ2) is 11.9. The zero-order valence-electron chi connectivity index (χ0n) is 24.4. The number of fused-ring (bicyclic) bond motifs is 1. The number of aromatic carboxylic acids is 1. The summed E-state index contributed by atoms with van der Waals surface area (Å²) in [6.45, 7) is 7.34. The third-order valence-electron chi connectivity index (χ3n) is 7.15. The van der Waals surface area contributed by atoms with Crippen LogP contribution < -0.4 is 16.4 Å². The number of carboxylic acids is 1. The Balaban J connectivity index is 1.51. The molecule has 0 saturated heterocycles. The second-order valence-corrected chi connectivity index (χ2v) is 12.0. The van der Waals surface area contributed by atoms with Gasteiger partial charge in [0, 0.05) is 35.6 Å². The highest BCUT2D eigenvalue weighted by atomic mass is 35.5. The van der Waals surface area contributed by atoms with Crippen LogP contribution in [0.1, 0.15) is 61.6 Å². The van der Waals surface area contributed by atoms with Gasteiger partial charge in [-0.1, -0.05) is 23.7 Å². The Morgan fingerprint density at radius 1 is 1.16 bits per heavy atom. The number of amidine groups is 1. The largest absolute Gasteiger partial charge is 0.477 e. The molecule has 0 unspecified atom stereocenters. The summed E-state index contributed by atoms with van der Waals surface area (Å²) in [6.07, 6.45) is 6.90. The van der Waals surface area contributed by atoms with Crippen molar-refractivity contribution in [3.05, 3.63) is 76.8 Å². The highest BCUT2D eigenvalue weighted by Crippen LogP contribution is 2.33. The van der Waals surface area contributed by atoms with Gasteiger partial charge >= 0.3 is 12.1 Å². The molecule has 43 heavy (non-hydrogen) atoms. The van der Waals surface area contributed by atoms with Crippen LogP contribution in [0.4, 0.5) is 16.2 Å². The van der Waals surface area contributed by atoms with E-state index in [-0.39, 0.29) is 23.6 Å². The van der Waals surface area contributed by atoms with E-state index >= 15 is 0 Å². The molecule has 1 aliphatic carbocycles. The van der Waals surface area contributed by atoms with E-state index in [4.69, 9.17) is 22.1 Å². The molecule has 5 N–H and O–H groups in total. The van der Waals surface area contributed by atoms with E-state index in [1.54, 1.807) is 35.1 Å². The van der Waals surface area contributed by atoms with Gasteiger partial charge in [0.25, 0.3) is 0 Å². The number of aromatic nitrogens is 3. The molecule has 3 aromatic heterocycles. The van der Waals surface area contributed by atoms with Gasteiger partial charge in [0.2, 0.25) is 0 Å². The number of amides is 1. The summed E-state index contributed by atoms with van der Waals surface area (Å²) in [4.78, 5) is 32.5. The fourth-order valence-electron chi connectivity index (χ4n) is 5.18. The lowest BCUT2D eigenvalue weighted by atomic mass is 10.0. The number of hydrogen-bond donors (Lipinski definition) is 4. The maximum atomic E-state index is 12.4. The number of nitrogens with zero attached hydrogens (tertiary/aromatic N) is 4. The summed E-state index contributed by atoms with van der Waals surface area (Å²) >= 11 is 6.36. The van der Waals surface area contributed by atoms with Gasteiger partial charge in [0.05, 0.1) is 33.7 Å². The van der Waals surface area contributed by atoms with Crippen LogP contribution in [0.5, 0.6) is 0 Å². The molecule has 12 heteroatoms. The van der Waals surface area contributed by atoms with E-state index in [2.05, 4.69) is 25.7 Å². The van der Waals surface area contributed by atoms with Gasteiger partial charge in [-0.3, -0.25) is 0 Å². The van der Waals surface area contributed by atoms with E-state index < -0.39 is 17.7 Å². The smallest absolute Gasteiger partial charge is 0.407 e. The maximum Gasteiger partial charge on any atom is 0.407 e. The van der Waals surface area contributed by atoms with Crippen LogP contribution in [-0.4, -0.2) is 55.3 Å². The molecular formula is C31H34ClN7O4. The van der Waals surface area contributed by atoms with Crippen LogP contribution in [-0.2, 0) is 4.74 Å². The molecule has 224 valence electrons. The molecule has 1 amide bonds. The number of carbonyl (C=O) groups excluding carboxylic acids is 1. The van der Waals surface area contributed by atoms with Crippen LogP contribution in [0.25, 0.3) is 16.6 Å². The molecule has 5 rings (SSSR count). The Hall–Kier alpha value is -4.64. The second-order valence-electron chi connectivity index (χ2n) is 11.6. The fourth-order valence-corrected chi connectivity index (χ4v) is 5.36. The summed E-state index contributed by atoms with van der Waals surface area (Å²) < 4.78 is 7.18. The molecule has 1 saturated carbocycles. The third-order valence-corrected chi connectivity index (χ3v) is 7.47. The zero-order chi connectivity index (χ0) is 30.9. The highest BCUT2D eigenvalue weighted by Gasteiger charge is 2.29. The summed E-state index contributed by atoms with van der Waals surface area (Å²) in [5.41, 5.74) is 10.9. The van der Waals surface area contributed by atoms with Crippen LogP contribution in [0.15, 0.2) is 60.0 Å².